The van der Waals surface area contributed by atoms with Gasteiger partial charge in [0.05, 0.1) is 12.8 Å². The first-order valence-corrected chi connectivity index (χ1v) is 9.11. The van der Waals surface area contributed by atoms with Crippen molar-refractivity contribution in [3.8, 4) is 5.75 Å². The lowest BCUT2D eigenvalue weighted by Crippen LogP contribution is -2.40. The van der Waals surface area contributed by atoms with E-state index in [1.165, 1.54) is 4.90 Å². The zero-order valence-corrected chi connectivity index (χ0v) is 15.8. The molecule has 1 heterocycles. The Morgan fingerprint density at radius 1 is 1.04 bits per heavy atom. The topological polar surface area (TPSA) is 70.7 Å². The van der Waals surface area contributed by atoms with Crippen molar-refractivity contribution < 1.29 is 14.3 Å². The summed E-state index contributed by atoms with van der Waals surface area (Å²) >= 11 is 5.31. The van der Waals surface area contributed by atoms with Crippen LogP contribution in [-0.4, -0.2) is 24.0 Å². The molecule has 3 rings (SSSR count). The first-order chi connectivity index (χ1) is 13.1. The predicted molar refractivity (Wildman–Crippen MR) is 109 cm³/mol. The van der Waals surface area contributed by atoms with Crippen LogP contribution >= 0.6 is 12.2 Å². The average Bonchev–Trinajstić information content (AvgIpc) is 2.68. The SMILES string of the molecule is COc1ccc(CNC(=S)Nc2ccc(N3C(=O)CCCC3=O)cc2)cc1. The van der Waals surface area contributed by atoms with Crippen LogP contribution < -0.4 is 20.3 Å². The quantitative estimate of drug-likeness (QED) is 0.610. The molecule has 2 amide bonds. The summed E-state index contributed by atoms with van der Waals surface area (Å²) in [5.41, 5.74) is 2.45. The summed E-state index contributed by atoms with van der Waals surface area (Å²) < 4.78 is 5.14. The number of carbonyl (C=O) groups excluding carboxylic acids is 2. The van der Waals surface area contributed by atoms with E-state index in [0.29, 0.717) is 36.6 Å². The van der Waals surface area contributed by atoms with Gasteiger partial charge in [0.15, 0.2) is 5.11 Å². The van der Waals surface area contributed by atoms with Crippen LogP contribution in [0.4, 0.5) is 11.4 Å². The largest absolute Gasteiger partial charge is 0.497 e. The summed E-state index contributed by atoms with van der Waals surface area (Å²) in [6.45, 7) is 0.588. The van der Waals surface area contributed by atoms with E-state index in [1.54, 1.807) is 31.4 Å². The lowest BCUT2D eigenvalue weighted by Gasteiger charge is -2.25. The second-order valence-corrected chi connectivity index (χ2v) is 6.59. The molecule has 2 aromatic carbocycles. The highest BCUT2D eigenvalue weighted by Crippen LogP contribution is 2.23. The number of imide groups is 1. The number of nitrogens with zero attached hydrogens (tertiary/aromatic N) is 1. The fourth-order valence-electron chi connectivity index (χ4n) is 2.84. The molecule has 0 radical (unpaired) electrons. The van der Waals surface area contributed by atoms with Crippen molar-refractivity contribution in [1.82, 2.24) is 5.32 Å². The third-order valence-electron chi connectivity index (χ3n) is 4.28. The molecule has 0 saturated carbocycles. The number of nitrogens with one attached hydrogen (secondary N) is 2. The zero-order valence-electron chi connectivity index (χ0n) is 15.0. The van der Waals surface area contributed by atoms with Crippen LogP contribution in [0.15, 0.2) is 48.5 Å². The van der Waals surface area contributed by atoms with E-state index in [1.807, 2.05) is 24.3 Å². The number of benzene rings is 2. The molecule has 6 nitrogen and oxygen atoms in total. The van der Waals surface area contributed by atoms with Gasteiger partial charge in [0.2, 0.25) is 11.8 Å². The van der Waals surface area contributed by atoms with E-state index in [4.69, 9.17) is 17.0 Å². The number of hydrogen-bond donors (Lipinski definition) is 2. The molecule has 27 heavy (non-hydrogen) atoms. The lowest BCUT2D eigenvalue weighted by atomic mass is 10.1. The monoisotopic (exact) mass is 383 g/mol. The number of carbonyl (C=O) groups is 2. The maximum atomic E-state index is 12.0. The highest BCUT2D eigenvalue weighted by Gasteiger charge is 2.27. The lowest BCUT2D eigenvalue weighted by molar-refractivity contribution is -0.129. The van der Waals surface area contributed by atoms with Crippen molar-refractivity contribution in [2.24, 2.45) is 0 Å². The van der Waals surface area contributed by atoms with E-state index < -0.39 is 0 Å². The average molecular weight is 383 g/mol. The number of methoxy groups -OCH3 is 1. The molecule has 1 aliphatic heterocycles. The summed E-state index contributed by atoms with van der Waals surface area (Å²) in [4.78, 5) is 25.2. The molecule has 1 aliphatic rings. The van der Waals surface area contributed by atoms with Crippen LogP contribution in [0.1, 0.15) is 24.8 Å². The normalized spacial score (nSPS) is 14.0. The Bertz CT molecular complexity index is 819. The Labute approximate surface area is 163 Å². The molecule has 0 aliphatic carbocycles. The number of piperidine rings is 1. The number of amides is 2. The van der Waals surface area contributed by atoms with Gasteiger partial charge in [0, 0.05) is 25.1 Å². The highest BCUT2D eigenvalue weighted by atomic mass is 32.1. The smallest absolute Gasteiger partial charge is 0.233 e. The minimum atomic E-state index is -0.149. The first kappa shape index (κ1) is 18.8. The minimum absolute atomic E-state index is 0.149. The summed E-state index contributed by atoms with van der Waals surface area (Å²) in [6.07, 6.45) is 1.44. The molecule has 1 fully saturated rings. The summed E-state index contributed by atoms with van der Waals surface area (Å²) in [6, 6.07) is 14.8. The van der Waals surface area contributed by atoms with Gasteiger partial charge < -0.3 is 15.4 Å². The molecular weight excluding hydrogens is 362 g/mol. The predicted octanol–water partition coefficient (Wildman–Crippen LogP) is 3.23. The van der Waals surface area contributed by atoms with Crippen molar-refractivity contribution in [3.05, 3.63) is 54.1 Å². The summed E-state index contributed by atoms with van der Waals surface area (Å²) in [7, 11) is 1.63. The van der Waals surface area contributed by atoms with Crippen LogP contribution in [0.2, 0.25) is 0 Å². The molecule has 2 N–H and O–H groups in total. The van der Waals surface area contributed by atoms with Gasteiger partial charge in [-0.1, -0.05) is 12.1 Å². The van der Waals surface area contributed by atoms with Crippen LogP contribution in [0, 0.1) is 0 Å². The third kappa shape index (κ3) is 4.83. The van der Waals surface area contributed by atoms with Crippen molar-refractivity contribution in [3.63, 3.8) is 0 Å². The summed E-state index contributed by atoms with van der Waals surface area (Å²) in [5, 5.41) is 6.72. The molecule has 0 unspecified atom stereocenters. The van der Waals surface area contributed by atoms with E-state index in [2.05, 4.69) is 10.6 Å². The fourth-order valence-corrected chi connectivity index (χ4v) is 3.03. The van der Waals surface area contributed by atoms with Crippen molar-refractivity contribution in [1.29, 1.82) is 0 Å². The van der Waals surface area contributed by atoms with Crippen molar-refractivity contribution in [2.45, 2.75) is 25.8 Å². The Balaban J connectivity index is 1.55. The van der Waals surface area contributed by atoms with Gasteiger partial charge in [0.1, 0.15) is 5.75 Å². The fraction of sp³-hybridized carbons (Fsp3) is 0.250. The van der Waals surface area contributed by atoms with Gasteiger partial charge in [-0.2, -0.15) is 0 Å². The Hall–Kier alpha value is -2.93. The van der Waals surface area contributed by atoms with Crippen molar-refractivity contribution >= 4 is 40.5 Å². The van der Waals surface area contributed by atoms with E-state index in [-0.39, 0.29) is 11.8 Å². The van der Waals surface area contributed by atoms with Gasteiger partial charge >= 0.3 is 0 Å². The van der Waals surface area contributed by atoms with E-state index in [9.17, 15) is 9.59 Å². The maximum Gasteiger partial charge on any atom is 0.233 e. The molecule has 2 aromatic rings. The molecule has 1 saturated heterocycles. The van der Waals surface area contributed by atoms with Crippen LogP contribution in [0.5, 0.6) is 5.75 Å². The maximum absolute atomic E-state index is 12.0. The number of anilines is 2. The third-order valence-corrected chi connectivity index (χ3v) is 4.52. The molecule has 0 bridgehead atoms. The Morgan fingerprint density at radius 3 is 2.26 bits per heavy atom. The van der Waals surface area contributed by atoms with E-state index in [0.717, 1.165) is 17.0 Å². The minimum Gasteiger partial charge on any atom is -0.497 e. The van der Waals surface area contributed by atoms with Gasteiger partial charge in [0.25, 0.3) is 0 Å². The van der Waals surface area contributed by atoms with Gasteiger partial charge in [-0.25, -0.2) is 0 Å². The number of thiocarbonyl (C=S) groups is 1. The molecule has 7 heteroatoms. The molecule has 0 atom stereocenters. The van der Waals surface area contributed by atoms with Gasteiger partial charge in [-0.3, -0.25) is 14.5 Å². The van der Waals surface area contributed by atoms with Crippen LogP contribution in [-0.2, 0) is 16.1 Å². The first-order valence-electron chi connectivity index (χ1n) is 8.70. The van der Waals surface area contributed by atoms with Crippen molar-refractivity contribution in [2.75, 3.05) is 17.3 Å². The van der Waals surface area contributed by atoms with E-state index >= 15 is 0 Å². The van der Waals surface area contributed by atoms with Crippen LogP contribution in [0.3, 0.4) is 0 Å². The van der Waals surface area contributed by atoms with Gasteiger partial charge in [-0.15, -0.1) is 0 Å². The highest BCUT2D eigenvalue weighted by molar-refractivity contribution is 7.80. The molecular formula is C20H21N3O3S. The molecule has 140 valence electrons. The Morgan fingerprint density at radius 2 is 1.67 bits per heavy atom. The standard InChI is InChI=1S/C20H21N3O3S/c1-26-17-11-5-14(6-12-17)13-21-20(27)22-15-7-9-16(10-8-15)23-18(24)3-2-4-19(23)25/h5-12H,2-4,13H2,1H3,(H2,21,22,27). The number of rotatable bonds is 5. The number of ether oxygens (including phenoxy) is 1. The second kappa shape index (κ2) is 8.64. The Kier molecular flexibility index (Phi) is 6.03. The molecule has 0 aromatic heterocycles. The number of hydrogen-bond acceptors (Lipinski definition) is 4. The van der Waals surface area contributed by atoms with Gasteiger partial charge in [-0.05, 0) is 60.6 Å². The second-order valence-electron chi connectivity index (χ2n) is 6.18. The summed E-state index contributed by atoms with van der Waals surface area (Å²) in [5.74, 6) is 0.512. The zero-order chi connectivity index (χ0) is 19.2. The van der Waals surface area contributed by atoms with Crippen LogP contribution in [0.25, 0.3) is 0 Å². The molecule has 0 spiro atoms.